The second kappa shape index (κ2) is 4.82. The molecule has 0 bridgehead atoms. The number of carbonyl (C=O) groups excluding carboxylic acids is 1. The van der Waals surface area contributed by atoms with E-state index in [2.05, 4.69) is 0 Å². The molecule has 1 saturated heterocycles. The molecular weight excluding hydrogens is 210 g/mol. The topological polar surface area (TPSA) is 77.8 Å². The number of carbonyl (C=O) groups is 2. The Balaban J connectivity index is 2.70. The summed E-state index contributed by atoms with van der Waals surface area (Å²) in [5.41, 5.74) is -1.38. The molecule has 1 unspecified atom stereocenters. The van der Waals surface area contributed by atoms with Crippen molar-refractivity contribution in [1.29, 1.82) is 0 Å². The van der Waals surface area contributed by atoms with Gasteiger partial charge in [0.05, 0.1) is 0 Å². The van der Waals surface area contributed by atoms with Gasteiger partial charge in [-0.05, 0) is 32.6 Å². The van der Waals surface area contributed by atoms with Crippen LogP contribution in [0.3, 0.4) is 0 Å². The van der Waals surface area contributed by atoms with Crippen LogP contribution >= 0.6 is 0 Å². The van der Waals surface area contributed by atoms with Gasteiger partial charge in [0.1, 0.15) is 5.41 Å². The highest BCUT2D eigenvalue weighted by Crippen LogP contribution is 2.24. The Morgan fingerprint density at radius 2 is 2.06 bits per heavy atom. The standard InChI is InChI=1S/C11H19NO4/c1-11(2,10(15)16)9(14)12-5-3-4-8(6-12)7-13/h8,13H,3-7H2,1-2H3,(H,15,16). The Labute approximate surface area is 95.1 Å². The third-order valence-electron chi connectivity index (χ3n) is 3.13. The summed E-state index contributed by atoms with van der Waals surface area (Å²) >= 11 is 0. The van der Waals surface area contributed by atoms with Crippen molar-refractivity contribution in [2.24, 2.45) is 11.3 Å². The second-order valence-corrected chi connectivity index (χ2v) is 4.87. The van der Waals surface area contributed by atoms with Crippen molar-refractivity contribution in [1.82, 2.24) is 4.90 Å². The van der Waals surface area contributed by atoms with Gasteiger partial charge in [0, 0.05) is 19.7 Å². The number of piperidine rings is 1. The van der Waals surface area contributed by atoms with Crippen molar-refractivity contribution >= 4 is 11.9 Å². The van der Waals surface area contributed by atoms with E-state index >= 15 is 0 Å². The minimum atomic E-state index is -1.38. The smallest absolute Gasteiger partial charge is 0.318 e. The minimum absolute atomic E-state index is 0.0529. The van der Waals surface area contributed by atoms with Crippen molar-refractivity contribution in [3.8, 4) is 0 Å². The number of carboxylic acid groups (broad SMARTS) is 1. The Morgan fingerprint density at radius 1 is 1.44 bits per heavy atom. The predicted molar refractivity (Wildman–Crippen MR) is 57.8 cm³/mol. The van der Waals surface area contributed by atoms with E-state index in [9.17, 15) is 9.59 Å². The molecule has 0 aromatic heterocycles. The molecule has 2 N–H and O–H groups in total. The largest absolute Gasteiger partial charge is 0.480 e. The van der Waals surface area contributed by atoms with Gasteiger partial charge in [-0.2, -0.15) is 0 Å². The van der Waals surface area contributed by atoms with Crippen molar-refractivity contribution in [2.75, 3.05) is 19.7 Å². The van der Waals surface area contributed by atoms with Crippen LogP contribution in [-0.4, -0.2) is 46.7 Å². The molecule has 1 aliphatic rings. The minimum Gasteiger partial charge on any atom is -0.480 e. The molecular formula is C11H19NO4. The van der Waals surface area contributed by atoms with Crippen LogP contribution in [0.4, 0.5) is 0 Å². The molecule has 1 aliphatic heterocycles. The normalized spacial score (nSPS) is 21.9. The molecule has 0 aliphatic carbocycles. The van der Waals surface area contributed by atoms with Gasteiger partial charge in [-0.1, -0.05) is 0 Å². The number of rotatable bonds is 3. The Kier molecular flexibility index (Phi) is 3.91. The van der Waals surface area contributed by atoms with Gasteiger partial charge >= 0.3 is 5.97 Å². The Bertz CT molecular complexity index is 288. The van der Waals surface area contributed by atoms with E-state index in [1.807, 2.05) is 0 Å². The monoisotopic (exact) mass is 229 g/mol. The maximum Gasteiger partial charge on any atom is 0.318 e. The molecule has 92 valence electrons. The first-order valence-electron chi connectivity index (χ1n) is 5.53. The summed E-state index contributed by atoms with van der Waals surface area (Å²) in [5.74, 6) is -1.39. The number of aliphatic hydroxyl groups is 1. The van der Waals surface area contributed by atoms with Crippen LogP contribution in [0.1, 0.15) is 26.7 Å². The van der Waals surface area contributed by atoms with Gasteiger partial charge in [-0.15, -0.1) is 0 Å². The van der Waals surface area contributed by atoms with Crippen molar-refractivity contribution in [2.45, 2.75) is 26.7 Å². The molecule has 5 heteroatoms. The molecule has 5 nitrogen and oxygen atoms in total. The number of hydrogen-bond donors (Lipinski definition) is 2. The number of aliphatic carboxylic acids is 1. The van der Waals surface area contributed by atoms with Gasteiger partial charge in [-0.25, -0.2) is 0 Å². The molecule has 16 heavy (non-hydrogen) atoms. The molecule has 1 heterocycles. The van der Waals surface area contributed by atoms with Gasteiger partial charge in [0.2, 0.25) is 5.91 Å². The summed E-state index contributed by atoms with van der Waals surface area (Å²) in [6.07, 6.45) is 1.72. The number of aliphatic hydroxyl groups excluding tert-OH is 1. The lowest BCUT2D eigenvalue weighted by Gasteiger charge is -2.35. The zero-order chi connectivity index (χ0) is 12.3. The summed E-state index contributed by atoms with van der Waals surface area (Å²) < 4.78 is 0. The first-order valence-corrected chi connectivity index (χ1v) is 5.53. The van der Waals surface area contributed by atoms with E-state index in [1.165, 1.54) is 13.8 Å². The SMILES string of the molecule is CC(C)(C(=O)O)C(=O)N1CCCC(CO)C1. The first-order chi connectivity index (χ1) is 7.39. The van der Waals surface area contributed by atoms with Crippen LogP contribution < -0.4 is 0 Å². The average molecular weight is 229 g/mol. The Hall–Kier alpha value is -1.10. The third kappa shape index (κ3) is 2.52. The fraction of sp³-hybridized carbons (Fsp3) is 0.818. The maximum atomic E-state index is 12.0. The molecule has 1 amide bonds. The molecule has 0 saturated carbocycles. The number of amides is 1. The van der Waals surface area contributed by atoms with Crippen molar-refractivity contribution in [3.63, 3.8) is 0 Å². The first kappa shape index (κ1) is 13.0. The van der Waals surface area contributed by atoms with E-state index in [0.717, 1.165) is 12.8 Å². The maximum absolute atomic E-state index is 12.0. The number of nitrogens with zero attached hydrogens (tertiary/aromatic N) is 1. The highest BCUT2D eigenvalue weighted by Gasteiger charge is 2.40. The number of hydrogen-bond acceptors (Lipinski definition) is 3. The summed E-state index contributed by atoms with van der Waals surface area (Å²) in [7, 11) is 0. The van der Waals surface area contributed by atoms with Crippen LogP contribution in [0.15, 0.2) is 0 Å². The zero-order valence-electron chi connectivity index (χ0n) is 9.77. The van der Waals surface area contributed by atoms with Crippen LogP contribution in [0.2, 0.25) is 0 Å². The fourth-order valence-electron chi connectivity index (χ4n) is 1.89. The molecule has 1 rings (SSSR count). The van der Waals surface area contributed by atoms with Gasteiger partial charge in [-0.3, -0.25) is 9.59 Å². The highest BCUT2D eigenvalue weighted by molar-refractivity contribution is 6.01. The quantitative estimate of drug-likeness (QED) is 0.683. The van der Waals surface area contributed by atoms with Gasteiger partial charge in [0.25, 0.3) is 0 Å². The third-order valence-corrected chi connectivity index (χ3v) is 3.13. The summed E-state index contributed by atoms with van der Waals surface area (Å²) in [5, 5.41) is 18.0. The summed E-state index contributed by atoms with van der Waals surface area (Å²) in [6, 6.07) is 0. The zero-order valence-corrected chi connectivity index (χ0v) is 9.77. The lowest BCUT2D eigenvalue weighted by atomic mass is 9.89. The molecule has 0 aromatic carbocycles. The van der Waals surface area contributed by atoms with Crippen molar-refractivity contribution < 1.29 is 19.8 Å². The lowest BCUT2D eigenvalue weighted by Crippen LogP contribution is -2.49. The van der Waals surface area contributed by atoms with E-state index in [1.54, 1.807) is 4.90 Å². The van der Waals surface area contributed by atoms with Gasteiger partial charge in [0.15, 0.2) is 0 Å². The van der Waals surface area contributed by atoms with E-state index in [0.29, 0.717) is 13.1 Å². The number of likely N-dealkylation sites (tertiary alicyclic amines) is 1. The fourth-order valence-corrected chi connectivity index (χ4v) is 1.89. The molecule has 1 atom stereocenters. The predicted octanol–water partition coefficient (Wildman–Crippen LogP) is 0.328. The van der Waals surface area contributed by atoms with Crippen LogP contribution in [0, 0.1) is 11.3 Å². The van der Waals surface area contributed by atoms with E-state index in [-0.39, 0.29) is 18.4 Å². The highest BCUT2D eigenvalue weighted by atomic mass is 16.4. The summed E-state index contributed by atoms with van der Waals surface area (Å²) in [4.78, 5) is 24.5. The molecule has 0 radical (unpaired) electrons. The number of carboxylic acids is 1. The van der Waals surface area contributed by atoms with E-state index in [4.69, 9.17) is 10.2 Å². The van der Waals surface area contributed by atoms with Crippen molar-refractivity contribution in [3.05, 3.63) is 0 Å². The van der Waals surface area contributed by atoms with Crippen LogP contribution in [-0.2, 0) is 9.59 Å². The Morgan fingerprint density at radius 3 is 2.56 bits per heavy atom. The molecule has 0 spiro atoms. The van der Waals surface area contributed by atoms with E-state index < -0.39 is 11.4 Å². The molecule has 1 fully saturated rings. The van der Waals surface area contributed by atoms with Gasteiger partial charge < -0.3 is 15.1 Å². The molecule has 0 aromatic rings. The second-order valence-electron chi connectivity index (χ2n) is 4.87. The summed E-state index contributed by atoms with van der Waals surface area (Å²) in [6.45, 7) is 3.94. The average Bonchev–Trinajstić information content (AvgIpc) is 2.27. The lowest BCUT2D eigenvalue weighted by molar-refractivity contribution is -0.159. The van der Waals surface area contributed by atoms with Crippen LogP contribution in [0.5, 0.6) is 0 Å². The van der Waals surface area contributed by atoms with Crippen LogP contribution in [0.25, 0.3) is 0 Å².